The van der Waals surface area contributed by atoms with Crippen molar-refractivity contribution < 1.29 is 9.22 Å². The maximum Gasteiger partial charge on any atom is 0.316 e. The minimum Gasteiger partial charge on any atom is -0.515 e. The van der Waals surface area contributed by atoms with Crippen molar-refractivity contribution in [2.45, 2.75) is 96.7 Å². The summed E-state index contributed by atoms with van der Waals surface area (Å²) in [6, 6.07) is 0. The van der Waals surface area contributed by atoms with Gasteiger partial charge in [0.15, 0.2) is 0 Å². The quantitative estimate of drug-likeness (QED) is 0.353. The first kappa shape index (κ1) is 20.4. The molecule has 0 spiro atoms. The van der Waals surface area contributed by atoms with Gasteiger partial charge in [-0.05, 0) is 16.1 Å². The second kappa shape index (κ2) is 8.77. The average molecular weight is 313 g/mol. The molecule has 21 heavy (non-hydrogen) atoms. The third-order valence-electron chi connectivity index (χ3n) is 5.29. The fraction of sp³-hybridized carbons (Fsp3) is 0.833. The molecule has 0 saturated carbocycles. The minimum atomic E-state index is -2.28. The molecule has 0 aromatic carbocycles. The van der Waals surface area contributed by atoms with E-state index in [1.165, 1.54) is 6.08 Å². The van der Waals surface area contributed by atoms with Crippen LogP contribution in [-0.4, -0.2) is 14.3 Å². The van der Waals surface area contributed by atoms with E-state index < -0.39 is 8.32 Å². The zero-order valence-electron chi connectivity index (χ0n) is 15.3. The van der Waals surface area contributed by atoms with Crippen LogP contribution in [0.5, 0.6) is 0 Å². The molecule has 0 fully saturated rings. The van der Waals surface area contributed by atoms with Crippen LogP contribution in [-0.2, 0) is 9.22 Å². The van der Waals surface area contributed by atoms with Gasteiger partial charge in [0.05, 0.1) is 0 Å². The largest absolute Gasteiger partial charge is 0.515 e. The van der Waals surface area contributed by atoms with E-state index in [0.29, 0.717) is 11.1 Å². The van der Waals surface area contributed by atoms with E-state index in [1.807, 2.05) is 0 Å². The van der Waals surface area contributed by atoms with Crippen molar-refractivity contribution >= 4 is 14.3 Å². The highest BCUT2D eigenvalue weighted by molar-refractivity contribution is 6.80. The van der Waals surface area contributed by atoms with Crippen molar-refractivity contribution in [2.75, 3.05) is 0 Å². The van der Waals surface area contributed by atoms with E-state index in [-0.39, 0.29) is 11.0 Å². The molecule has 0 aliphatic heterocycles. The Bertz CT molecular complexity index is 324. The van der Waals surface area contributed by atoms with Crippen LogP contribution in [0.4, 0.5) is 0 Å². The van der Waals surface area contributed by atoms with Crippen LogP contribution in [0.2, 0.25) is 16.1 Å². The lowest BCUT2D eigenvalue weighted by atomic mass is 10.1. The van der Waals surface area contributed by atoms with E-state index >= 15 is 0 Å². The lowest BCUT2D eigenvalue weighted by Crippen LogP contribution is -2.55. The molecule has 0 bridgehead atoms. The van der Waals surface area contributed by atoms with Crippen molar-refractivity contribution in [3.05, 3.63) is 12.7 Å². The average Bonchev–Trinajstić information content (AvgIpc) is 2.44. The Morgan fingerprint density at radius 2 is 1.57 bits per heavy atom. The van der Waals surface area contributed by atoms with Crippen molar-refractivity contribution in [3.8, 4) is 0 Å². The summed E-state index contributed by atoms with van der Waals surface area (Å²) in [5, 5.41) is 0.0782. The highest BCUT2D eigenvalue weighted by Crippen LogP contribution is 2.55. The smallest absolute Gasteiger partial charge is 0.316 e. The monoisotopic (exact) mass is 312 g/mol. The standard InChI is InChI=1S/C18H36O2Si/c1-9-13-15(5)21(16(6)14-10-2,18(7,8)12-4)20-17(19)11-3/h11,15-16H,3,9-10,12-14H2,1-2,4-8H3. The zero-order valence-corrected chi connectivity index (χ0v) is 16.3. The molecule has 0 aromatic rings. The fourth-order valence-corrected chi connectivity index (χ4v) is 10.7. The van der Waals surface area contributed by atoms with Crippen molar-refractivity contribution in [3.63, 3.8) is 0 Å². The lowest BCUT2D eigenvalue weighted by molar-refractivity contribution is -0.130. The van der Waals surface area contributed by atoms with Crippen LogP contribution in [0.3, 0.4) is 0 Å². The van der Waals surface area contributed by atoms with Crippen LogP contribution in [0.1, 0.15) is 80.6 Å². The topological polar surface area (TPSA) is 26.3 Å². The first-order valence-electron chi connectivity index (χ1n) is 8.58. The molecule has 0 rings (SSSR count). The first-order chi connectivity index (χ1) is 9.73. The Labute approximate surface area is 133 Å². The highest BCUT2D eigenvalue weighted by Gasteiger charge is 2.57. The molecular weight excluding hydrogens is 276 g/mol. The zero-order chi connectivity index (χ0) is 16.7. The summed E-state index contributed by atoms with van der Waals surface area (Å²) < 4.78 is 6.25. The molecule has 0 aliphatic rings. The molecule has 124 valence electrons. The van der Waals surface area contributed by atoms with Crippen LogP contribution >= 0.6 is 0 Å². The molecule has 2 nitrogen and oxygen atoms in total. The molecule has 0 saturated heterocycles. The molecule has 0 heterocycles. The summed E-state index contributed by atoms with van der Waals surface area (Å²) in [6.07, 6.45) is 6.93. The molecule has 0 amide bonds. The Morgan fingerprint density at radius 1 is 1.14 bits per heavy atom. The van der Waals surface area contributed by atoms with E-state index in [4.69, 9.17) is 4.43 Å². The summed E-state index contributed by atoms with van der Waals surface area (Å²) in [7, 11) is -2.28. The Morgan fingerprint density at radius 3 is 1.86 bits per heavy atom. The molecule has 3 heteroatoms. The normalized spacial score (nSPS) is 17.7. The van der Waals surface area contributed by atoms with Crippen molar-refractivity contribution in [1.82, 2.24) is 0 Å². The van der Waals surface area contributed by atoms with Gasteiger partial charge in [0.1, 0.15) is 0 Å². The number of rotatable bonds is 10. The summed E-state index contributed by atoms with van der Waals surface area (Å²) in [5.74, 6) is -0.228. The Kier molecular flexibility index (Phi) is 8.53. The van der Waals surface area contributed by atoms with Crippen molar-refractivity contribution in [2.24, 2.45) is 0 Å². The molecule has 0 aliphatic carbocycles. The number of carbonyl (C=O) groups excluding carboxylic acids is 1. The van der Waals surface area contributed by atoms with Crippen LogP contribution < -0.4 is 0 Å². The summed E-state index contributed by atoms with van der Waals surface area (Å²) >= 11 is 0. The SMILES string of the molecule is C=CC(=O)O[Si](C(C)CCC)(C(C)CCC)C(C)(C)CC. The molecule has 0 aromatic heterocycles. The van der Waals surface area contributed by atoms with Crippen LogP contribution in [0, 0.1) is 0 Å². The number of carbonyl (C=O) groups is 1. The predicted octanol–water partition coefficient (Wildman–Crippen LogP) is 6.23. The third kappa shape index (κ3) is 4.45. The van der Waals surface area contributed by atoms with Crippen molar-refractivity contribution in [1.29, 1.82) is 0 Å². The van der Waals surface area contributed by atoms with Gasteiger partial charge in [-0.1, -0.05) is 87.1 Å². The van der Waals surface area contributed by atoms with Gasteiger partial charge in [-0.15, -0.1) is 0 Å². The Hall–Kier alpha value is -0.573. The predicted molar refractivity (Wildman–Crippen MR) is 95.0 cm³/mol. The lowest BCUT2D eigenvalue weighted by Gasteiger charge is -2.50. The molecule has 2 atom stereocenters. The highest BCUT2D eigenvalue weighted by atomic mass is 28.4. The van der Waals surface area contributed by atoms with Crippen LogP contribution in [0.25, 0.3) is 0 Å². The van der Waals surface area contributed by atoms with Gasteiger partial charge in [0, 0.05) is 6.08 Å². The maximum absolute atomic E-state index is 12.1. The molecule has 2 unspecified atom stereocenters. The van der Waals surface area contributed by atoms with Gasteiger partial charge >= 0.3 is 5.97 Å². The van der Waals surface area contributed by atoms with E-state index in [1.54, 1.807) is 0 Å². The number of hydrogen-bond acceptors (Lipinski definition) is 2. The van der Waals surface area contributed by atoms with Gasteiger partial charge in [-0.3, -0.25) is 0 Å². The van der Waals surface area contributed by atoms with E-state index in [0.717, 1.165) is 32.1 Å². The second-order valence-corrected chi connectivity index (χ2v) is 12.2. The number of hydrogen-bond donors (Lipinski definition) is 0. The Balaban J connectivity index is 5.92. The molecule has 0 radical (unpaired) electrons. The molecule has 0 N–H and O–H groups in total. The van der Waals surface area contributed by atoms with E-state index in [2.05, 4.69) is 55.0 Å². The van der Waals surface area contributed by atoms with E-state index in [9.17, 15) is 4.79 Å². The maximum atomic E-state index is 12.1. The second-order valence-electron chi connectivity index (χ2n) is 7.04. The fourth-order valence-electron chi connectivity index (χ4n) is 3.94. The van der Waals surface area contributed by atoms with Gasteiger partial charge in [0.2, 0.25) is 0 Å². The molecular formula is C18H36O2Si. The summed E-state index contributed by atoms with van der Waals surface area (Å²) in [4.78, 5) is 12.1. The van der Waals surface area contributed by atoms with Gasteiger partial charge in [-0.25, -0.2) is 4.79 Å². The van der Waals surface area contributed by atoms with Gasteiger partial charge < -0.3 is 4.43 Å². The van der Waals surface area contributed by atoms with Gasteiger partial charge in [-0.2, -0.15) is 0 Å². The third-order valence-corrected chi connectivity index (χ3v) is 11.8. The van der Waals surface area contributed by atoms with Crippen LogP contribution in [0.15, 0.2) is 12.7 Å². The van der Waals surface area contributed by atoms with Gasteiger partial charge in [0.25, 0.3) is 8.32 Å². The first-order valence-corrected chi connectivity index (χ1v) is 10.6. The summed E-state index contributed by atoms with van der Waals surface area (Å²) in [6.45, 7) is 19.5. The minimum absolute atomic E-state index is 0.0782. The summed E-state index contributed by atoms with van der Waals surface area (Å²) in [5.41, 5.74) is 0.950.